The maximum atomic E-state index is 6.30. The number of likely N-dealkylation sites (tertiary alicyclic amines) is 2. The summed E-state index contributed by atoms with van der Waals surface area (Å²) in [6.07, 6.45) is 5.17. The second-order valence-electron chi connectivity index (χ2n) is 8.71. The first-order chi connectivity index (χ1) is 9.78. The van der Waals surface area contributed by atoms with Crippen molar-refractivity contribution < 1.29 is 0 Å². The van der Waals surface area contributed by atoms with E-state index in [2.05, 4.69) is 44.4 Å². The largest absolute Gasteiger partial charge is 0.329 e. The second-order valence-corrected chi connectivity index (χ2v) is 8.71. The molecule has 2 rings (SSSR count). The fourth-order valence-corrected chi connectivity index (χ4v) is 4.26. The molecule has 0 aromatic carbocycles. The van der Waals surface area contributed by atoms with Gasteiger partial charge in [0, 0.05) is 31.2 Å². The molecule has 0 saturated carbocycles. The third kappa shape index (κ3) is 3.80. The molecule has 124 valence electrons. The molecule has 21 heavy (non-hydrogen) atoms. The maximum Gasteiger partial charge on any atom is 0.0344 e. The molecule has 0 amide bonds. The Balaban J connectivity index is 2.05. The highest BCUT2D eigenvalue weighted by molar-refractivity contribution is 4.99. The van der Waals surface area contributed by atoms with Crippen LogP contribution in [0.2, 0.25) is 0 Å². The minimum Gasteiger partial charge on any atom is -0.329 e. The highest BCUT2D eigenvalue weighted by atomic mass is 15.2. The Hall–Kier alpha value is -0.120. The molecular weight excluding hydrogens is 258 g/mol. The van der Waals surface area contributed by atoms with Crippen molar-refractivity contribution in [2.45, 2.75) is 71.9 Å². The Bertz CT molecular complexity index is 334. The van der Waals surface area contributed by atoms with Gasteiger partial charge in [0.25, 0.3) is 0 Å². The Morgan fingerprint density at radius 1 is 1.14 bits per heavy atom. The van der Waals surface area contributed by atoms with E-state index in [0.29, 0.717) is 11.5 Å². The zero-order valence-corrected chi connectivity index (χ0v) is 15.0. The standard InChI is InChI=1S/C18H37N3/c1-15(2)20-10-6-8-18(14-19,9-12-20)21-11-7-16(13-21)17(3,4)5/h15-16H,6-14,19H2,1-5H3. The number of nitrogens with two attached hydrogens (primary N) is 1. The first-order valence-corrected chi connectivity index (χ1v) is 8.98. The van der Waals surface area contributed by atoms with E-state index in [1.807, 2.05) is 0 Å². The Labute approximate surface area is 132 Å². The van der Waals surface area contributed by atoms with Gasteiger partial charge in [0.1, 0.15) is 0 Å². The van der Waals surface area contributed by atoms with Crippen molar-refractivity contribution in [2.24, 2.45) is 17.1 Å². The fraction of sp³-hybridized carbons (Fsp3) is 1.00. The zero-order valence-electron chi connectivity index (χ0n) is 15.0. The lowest BCUT2D eigenvalue weighted by Crippen LogP contribution is -2.53. The van der Waals surface area contributed by atoms with Crippen LogP contribution in [0.15, 0.2) is 0 Å². The van der Waals surface area contributed by atoms with Gasteiger partial charge in [-0.3, -0.25) is 4.90 Å². The van der Waals surface area contributed by atoms with Gasteiger partial charge < -0.3 is 10.6 Å². The molecule has 2 aliphatic heterocycles. The predicted molar refractivity (Wildman–Crippen MR) is 91.5 cm³/mol. The predicted octanol–water partition coefficient (Wildman–Crippen LogP) is 2.95. The SMILES string of the molecule is CC(C)N1CCCC(CN)(N2CCC(C(C)(C)C)C2)CC1. The summed E-state index contributed by atoms with van der Waals surface area (Å²) in [7, 11) is 0. The first kappa shape index (κ1) is 17.2. The number of rotatable bonds is 3. The lowest BCUT2D eigenvalue weighted by Gasteiger charge is -2.42. The number of nitrogens with zero attached hydrogens (tertiary/aromatic N) is 2. The van der Waals surface area contributed by atoms with Crippen LogP contribution in [0.1, 0.15) is 60.3 Å². The summed E-state index contributed by atoms with van der Waals surface area (Å²) in [6, 6.07) is 0.666. The monoisotopic (exact) mass is 295 g/mol. The van der Waals surface area contributed by atoms with E-state index >= 15 is 0 Å². The van der Waals surface area contributed by atoms with E-state index in [9.17, 15) is 0 Å². The van der Waals surface area contributed by atoms with Gasteiger partial charge in [-0.25, -0.2) is 0 Å². The van der Waals surface area contributed by atoms with Gasteiger partial charge in [-0.15, -0.1) is 0 Å². The van der Waals surface area contributed by atoms with Crippen LogP contribution in [0.25, 0.3) is 0 Å². The Morgan fingerprint density at radius 3 is 2.38 bits per heavy atom. The van der Waals surface area contributed by atoms with E-state index in [1.54, 1.807) is 0 Å². The van der Waals surface area contributed by atoms with Crippen molar-refractivity contribution in [3.05, 3.63) is 0 Å². The summed E-state index contributed by atoms with van der Waals surface area (Å²) < 4.78 is 0. The van der Waals surface area contributed by atoms with Gasteiger partial charge in [0.2, 0.25) is 0 Å². The average Bonchev–Trinajstić information content (AvgIpc) is 2.80. The van der Waals surface area contributed by atoms with Gasteiger partial charge in [0.15, 0.2) is 0 Å². The molecule has 2 saturated heterocycles. The topological polar surface area (TPSA) is 32.5 Å². The summed E-state index contributed by atoms with van der Waals surface area (Å²) in [4.78, 5) is 5.39. The quantitative estimate of drug-likeness (QED) is 0.869. The van der Waals surface area contributed by atoms with Gasteiger partial charge >= 0.3 is 0 Å². The molecule has 3 nitrogen and oxygen atoms in total. The first-order valence-electron chi connectivity index (χ1n) is 8.98. The fourth-order valence-electron chi connectivity index (χ4n) is 4.26. The number of hydrogen-bond donors (Lipinski definition) is 1. The van der Waals surface area contributed by atoms with Crippen LogP contribution >= 0.6 is 0 Å². The zero-order chi connectivity index (χ0) is 15.7. The van der Waals surface area contributed by atoms with Crippen molar-refractivity contribution in [2.75, 3.05) is 32.7 Å². The Kier molecular flexibility index (Phi) is 5.38. The lowest BCUT2D eigenvalue weighted by atomic mass is 9.80. The molecule has 0 bridgehead atoms. The van der Waals surface area contributed by atoms with Crippen molar-refractivity contribution >= 4 is 0 Å². The van der Waals surface area contributed by atoms with E-state index in [0.717, 1.165) is 12.5 Å². The molecule has 0 aromatic heterocycles. The van der Waals surface area contributed by atoms with Crippen molar-refractivity contribution in [3.63, 3.8) is 0 Å². The molecule has 2 N–H and O–H groups in total. The van der Waals surface area contributed by atoms with Crippen LogP contribution in [-0.4, -0.2) is 54.1 Å². The van der Waals surface area contributed by atoms with Gasteiger partial charge in [0.05, 0.1) is 0 Å². The summed E-state index contributed by atoms with van der Waals surface area (Å²) in [5.74, 6) is 0.824. The van der Waals surface area contributed by atoms with Crippen molar-refractivity contribution in [1.82, 2.24) is 9.80 Å². The molecule has 2 atom stereocenters. The molecule has 2 heterocycles. The normalized spacial score (nSPS) is 33.6. The molecule has 2 unspecified atom stereocenters. The minimum atomic E-state index is 0.267. The highest BCUT2D eigenvalue weighted by Gasteiger charge is 2.43. The van der Waals surface area contributed by atoms with E-state index in [-0.39, 0.29) is 5.54 Å². The van der Waals surface area contributed by atoms with Crippen LogP contribution in [0.4, 0.5) is 0 Å². The maximum absolute atomic E-state index is 6.30. The molecule has 0 spiro atoms. The lowest BCUT2D eigenvalue weighted by molar-refractivity contribution is 0.0895. The van der Waals surface area contributed by atoms with Crippen LogP contribution in [0.3, 0.4) is 0 Å². The molecule has 0 radical (unpaired) electrons. The van der Waals surface area contributed by atoms with Gasteiger partial charge in [-0.1, -0.05) is 20.8 Å². The minimum absolute atomic E-state index is 0.267. The summed E-state index contributed by atoms with van der Waals surface area (Å²) in [6.45, 7) is 17.6. The van der Waals surface area contributed by atoms with Crippen LogP contribution < -0.4 is 5.73 Å². The summed E-state index contributed by atoms with van der Waals surface area (Å²) >= 11 is 0. The van der Waals surface area contributed by atoms with Crippen LogP contribution in [0, 0.1) is 11.3 Å². The molecule has 0 aromatic rings. The second kappa shape index (κ2) is 6.55. The highest BCUT2D eigenvalue weighted by Crippen LogP contribution is 2.39. The smallest absolute Gasteiger partial charge is 0.0344 e. The van der Waals surface area contributed by atoms with Gasteiger partial charge in [-0.05, 0) is 64.0 Å². The number of hydrogen-bond acceptors (Lipinski definition) is 3. The van der Waals surface area contributed by atoms with E-state index < -0.39 is 0 Å². The van der Waals surface area contributed by atoms with Crippen LogP contribution in [-0.2, 0) is 0 Å². The van der Waals surface area contributed by atoms with Gasteiger partial charge in [-0.2, -0.15) is 0 Å². The molecule has 2 aliphatic rings. The van der Waals surface area contributed by atoms with Crippen molar-refractivity contribution in [1.29, 1.82) is 0 Å². The summed E-state index contributed by atoms with van der Waals surface area (Å²) in [5.41, 5.74) is 7.00. The third-order valence-corrected chi connectivity index (χ3v) is 6.15. The van der Waals surface area contributed by atoms with Crippen molar-refractivity contribution in [3.8, 4) is 0 Å². The van der Waals surface area contributed by atoms with Crippen LogP contribution in [0.5, 0.6) is 0 Å². The van der Waals surface area contributed by atoms with E-state index in [4.69, 9.17) is 5.73 Å². The van der Waals surface area contributed by atoms with E-state index in [1.165, 1.54) is 51.9 Å². The Morgan fingerprint density at radius 2 is 1.86 bits per heavy atom. The molecular formula is C18H37N3. The third-order valence-electron chi connectivity index (χ3n) is 6.15. The molecule has 0 aliphatic carbocycles. The summed E-state index contributed by atoms with van der Waals surface area (Å²) in [5, 5.41) is 0. The molecule has 2 fully saturated rings. The molecule has 3 heteroatoms. The average molecular weight is 296 g/mol.